The molecule has 5 rings (SSSR count). The van der Waals surface area contributed by atoms with E-state index < -0.39 is 6.04 Å². The molecular formula is C27H31ClN8OS. The number of fused-ring (bicyclic) bond motifs is 3. The number of aliphatic imine (C=N–C) groups is 1. The summed E-state index contributed by atoms with van der Waals surface area (Å²) in [4.78, 5) is 21.6. The number of benzene rings is 1. The van der Waals surface area contributed by atoms with Crippen molar-refractivity contribution in [2.75, 3.05) is 39.3 Å². The Kier molecular flexibility index (Phi) is 8.19. The Morgan fingerprint density at radius 1 is 1.24 bits per heavy atom. The Hall–Kier alpha value is -3.10. The van der Waals surface area contributed by atoms with Gasteiger partial charge in [-0.05, 0) is 44.5 Å². The number of aromatic nitrogens is 3. The van der Waals surface area contributed by atoms with Gasteiger partial charge in [0.25, 0.3) is 0 Å². The molecule has 38 heavy (non-hydrogen) atoms. The molecule has 1 amide bonds. The molecule has 1 saturated heterocycles. The third-order valence-corrected chi connectivity index (χ3v) is 8.55. The second-order valence-corrected chi connectivity index (χ2v) is 11.1. The molecule has 0 aliphatic carbocycles. The summed E-state index contributed by atoms with van der Waals surface area (Å²) in [5, 5.41) is 26.2. The molecule has 198 valence electrons. The molecule has 0 bridgehead atoms. The zero-order chi connectivity index (χ0) is 26.6. The van der Waals surface area contributed by atoms with Crippen molar-refractivity contribution in [2.24, 2.45) is 4.99 Å². The number of piperazine rings is 1. The van der Waals surface area contributed by atoms with Gasteiger partial charge in [-0.15, -0.1) is 21.5 Å². The van der Waals surface area contributed by atoms with E-state index in [2.05, 4.69) is 31.8 Å². The first kappa shape index (κ1) is 26.5. The number of hydrogen-bond donors (Lipinski definition) is 2. The van der Waals surface area contributed by atoms with Crippen LogP contribution in [-0.4, -0.2) is 70.6 Å². The predicted octanol–water partition coefficient (Wildman–Crippen LogP) is 3.36. The van der Waals surface area contributed by atoms with Crippen molar-refractivity contribution in [3.8, 4) is 11.1 Å². The molecular weight excluding hydrogens is 520 g/mol. The molecule has 2 N–H and O–H groups in total. The standard InChI is InChI=1S/C27H31ClN8OS/c1-17-22(8-9-29)38-27-24(17)25(19-4-6-20(28)7-5-19)32-21(26-34-33-18(2)36(26)27)16-23(37)31-10-3-13-35-14-11-30-12-15-35/h4-7,21,30H,3,8,10-16H2,1-2H3,(H,31,37). The molecule has 0 radical (unpaired) electrons. The molecule has 4 heterocycles. The summed E-state index contributed by atoms with van der Waals surface area (Å²) < 4.78 is 2.00. The zero-order valence-corrected chi connectivity index (χ0v) is 23.2. The van der Waals surface area contributed by atoms with E-state index in [0.717, 1.165) is 77.2 Å². The van der Waals surface area contributed by atoms with Crippen LogP contribution in [0.3, 0.4) is 0 Å². The van der Waals surface area contributed by atoms with Gasteiger partial charge in [0.2, 0.25) is 5.91 Å². The maximum Gasteiger partial charge on any atom is 0.222 e. The fourth-order valence-electron chi connectivity index (χ4n) is 5.02. The van der Waals surface area contributed by atoms with E-state index in [0.29, 0.717) is 23.8 Å². The van der Waals surface area contributed by atoms with E-state index in [1.54, 1.807) is 11.3 Å². The third kappa shape index (κ3) is 5.52. The largest absolute Gasteiger partial charge is 0.356 e. The highest BCUT2D eigenvalue weighted by atomic mass is 35.5. The van der Waals surface area contributed by atoms with Gasteiger partial charge in [-0.25, -0.2) is 0 Å². The molecule has 2 aliphatic heterocycles. The Morgan fingerprint density at radius 2 is 2.00 bits per heavy atom. The van der Waals surface area contributed by atoms with E-state index in [4.69, 9.17) is 16.6 Å². The second kappa shape index (κ2) is 11.7. The van der Waals surface area contributed by atoms with Gasteiger partial charge in [-0.3, -0.25) is 14.4 Å². The number of nitrogens with one attached hydrogen (secondary N) is 2. The van der Waals surface area contributed by atoms with Crippen LogP contribution in [0.15, 0.2) is 29.3 Å². The summed E-state index contributed by atoms with van der Waals surface area (Å²) >= 11 is 7.75. The van der Waals surface area contributed by atoms with Crippen molar-refractivity contribution in [1.29, 1.82) is 5.26 Å². The van der Waals surface area contributed by atoms with Crippen LogP contribution in [0.25, 0.3) is 5.00 Å². The summed E-state index contributed by atoms with van der Waals surface area (Å²) in [7, 11) is 0. The number of nitrogens with zero attached hydrogens (tertiary/aromatic N) is 6. The summed E-state index contributed by atoms with van der Waals surface area (Å²) in [6.45, 7) is 9.66. The lowest BCUT2D eigenvalue weighted by atomic mass is 9.99. The Labute approximate surface area is 231 Å². The monoisotopic (exact) mass is 550 g/mol. The van der Waals surface area contributed by atoms with E-state index in [1.807, 2.05) is 42.7 Å². The first-order valence-electron chi connectivity index (χ1n) is 12.9. The second-order valence-electron chi connectivity index (χ2n) is 9.61. The maximum atomic E-state index is 13.1. The molecule has 1 aromatic carbocycles. The van der Waals surface area contributed by atoms with Crippen LogP contribution in [0.5, 0.6) is 0 Å². The molecule has 2 aromatic heterocycles. The van der Waals surface area contributed by atoms with Crippen LogP contribution in [-0.2, 0) is 11.2 Å². The molecule has 3 aromatic rings. The van der Waals surface area contributed by atoms with E-state index >= 15 is 0 Å². The SMILES string of the molecule is Cc1c(CC#N)sc2c1C(c1ccc(Cl)cc1)=NC(CC(=O)NCCCN1CCNCC1)c1nnc(C)n1-2. The molecule has 9 nitrogen and oxygen atoms in total. The van der Waals surface area contributed by atoms with Gasteiger partial charge in [0, 0.05) is 53.8 Å². The quantitative estimate of drug-likeness (QED) is 0.416. The zero-order valence-electron chi connectivity index (χ0n) is 21.6. The van der Waals surface area contributed by atoms with Gasteiger partial charge in [-0.2, -0.15) is 5.26 Å². The van der Waals surface area contributed by atoms with Crippen molar-refractivity contribution < 1.29 is 4.79 Å². The number of nitriles is 1. The predicted molar refractivity (Wildman–Crippen MR) is 149 cm³/mol. The van der Waals surface area contributed by atoms with Crippen molar-refractivity contribution in [2.45, 2.75) is 39.2 Å². The van der Waals surface area contributed by atoms with E-state index in [1.165, 1.54) is 0 Å². The fraction of sp³-hybridized carbons (Fsp3) is 0.444. The molecule has 0 saturated carbocycles. The molecule has 2 aliphatic rings. The van der Waals surface area contributed by atoms with Gasteiger partial charge >= 0.3 is 0 Å². The molecule has 1 unspecified atom stereocenters. The minimum Gasteiger partial charge on any atom is -0.356 e. The van der Waals surface area contributed by atoms with Crippen molar-refractivity contribution in [3.63, 3.8) is 0 Å². The highest BCUT2D eigenvalue weighted by Crippen LogP contribution is 2.40. The lowest BCUT2D eigenvalue weighted by Crippen LogP contribution is -2.44. The number of aryl methyl sites for hydroxylation is 1. The number of amides is 1. The van der Waals surface area contributed by atoms with Gasteiger partial charge < -0.3 is 15.5 Å². The fourth-order valence-corrected chi connectivity index (χ4v) is 6.44. The molecule has 11 heteroatoms. The summed E-state index contributed by atoms with van der Waals surface area (Å²) in [5.41, 5.74) is 3.64. The summed E-state index contributed by atoms with van der Waals surface area (Å²) in [6, 6.07) is 9.34. The van der Waals surface area contributed by atoms with E-state index in [-0.39, 0.29) is 12.3 Å². The Balaban J connectivity index is 1.44. The summed E-state index contributed by atoms with van der Waals surface area (Å²) in [5.74, 6) is 1.29. The van der Waals surface area contributed by atoms with Crippen molar-refractivity contribution >= 4 is 34.6 Å². The van der Waals surface area contributed by atoms with Crippen LogP contribution in [0.1, 0.15) is 52.1 Å². The normalized spacial score (nSPS) is 17.2. The highest BCUT2D eigenvalue weighted by Gasteiger charge is 2.32. The lowest BCUT2D eigenvalue weighted by molar-refractivity contribution is -0.121. The van der Waals surface area contributed by atoms with Gasteiger partial charge in [0.15, 0.2) is 5.82 Å². The minimum absolute atomic E-state index is 0.0612. The Bertz CT molecular complexity index is 1380. The van der Waals surface area contributed by atoms with Crippen LogP contribution >= 0.6 is 22.9 Å². The number of carbonyl (C=O) groups excluding carboxylic acids is 1. The number of hydrogen-bond acceptors (Lipinski definition) is 8. The first-order chi connectivity index (χ1) is 18.5. The smallest absolute Gasteiger partial charge is 0.222 e. The van der Waals surface area contributed by atoms with Crippen LogP contribution in [0.4, 0.5) is 0 Å². The van der Waals surface area contributed by atoms with Gasteiger partial charge in [0.05, 0.1) is 24.6 Å². The maximum absolute atomic E-state index is 13.1. The number of halogens is 1. The third-order valence-electron chi connectivity index (χ3n) is 7.02. The van der Waals surface area contributed by atoms with Crippen LogP contribution < -0.4 is 10.6 Å². The number of rotatable bonds is 8. The number of thiophene rings is 1. The van der Waals surface area contributed by atoms with Gasteiger partial charge in [-0.1, -0.05) is 23.7 Å². The molecule has 0 spiro atoms. The summed E-state index contributed by atoms with van der Waals surface area (Å²) in [6.07, 6.45) is 1.39. The first-order valence-corrected chi connectivity index (χ1v) is 14.1. The van der Waals surface area contributed by atoms with Crippen LogP contribution in [0.2, 0.25) is 5.02 Å². The average Bonchev–Trinajstić information content (AvgIpc) is 3.41. The average molecular weight is 551 g/mol. The number of carbonyl (C=O) groups is 1. The van der Waals surface area contributed by atoms with Crippen molar-refractivity contribution in [1.82, 2.24) is 30.3 Å². The lowest BCUT2D eigenvalue weighted by Gasteiger charge is -2.27. The molecule has 1 fully saturated rings. The molecule has 1 atom stereocenters. The highest BCUT2D eigenvalue weighted by molar-refractivity contribution is 7.15. The minimum atomic E-state index is -0.506. The van der Waals surface area contributed by atoms with Gasteiger partial charge in [0.1, 0.15) is 16.9 Å². The van der Waals surface area contributed by atoms with E-state index in [9.17, 15) is 10.1 Å². The topological polar surface area (TPSA) is 111 Å². The van der Waals surface area contributed by atoms with Crippen LogP contribution in [0, 0.1) is 25.2 Å². The Morgan fingerprint density at radius 3 is 2.74 bits per heavy atom. The van der Waals surface area contributed by atoms with Crippen molar-refractivity contribution in [3.05, 3.63) is 62.5 Å².